The maximum atomic E-state index is 9.39. The first-order valence-electron chi connectivity index (χ1n) is 10.2. The summed E-state index contributed by atoms with van der Waals surface area (Å²) in [5, 5.41) is 18.8. The van der Waals surface area contributed by atoms with Crippen LogP contribution in [0, 0.1) is 0 Å². The summed E-state index contributed by atoms with van der Waals surface area (Å²) in [4.78, 5) is 2.51. The summed E-state index contributed by atoms with van der Waals surface area (Å²) in [7, 11) is 0. The molecule has 156 valence electrons. The first kappa shape index (κ1) is 20.9. The fourth-order valence-corrected chi connectivity index (χ4v) is 4.66. The minimum Gasteiger partial charge on any atom is -0.489 e. The second kappa shape index (κ2) is 9.23. The normalized spacial score (nSPS) is 12.9. The largest absolute Gasteiger partial charge is 0.489 e. The van der Waals surface area contributed by atoms with Crippen LogP contribution in [-0.2, 0) is 19.4 Å². The summed E-state index contributed by atoms with van der Waals surface area (Å²) in [6.45, 7) is 0.132. The average molecular weight is 422 g/mol. The van der Waals surface area contributed by atoms with Crippen LogP contribution in [0.3, 0.4) is 0 Å². The van der Waals surface area contributed by atoms with Crippen molar-refractivity contribution in [1.82, 2.24) is 0 Å². The van der Waals surface area contributed by atoms with Crippen LogP contribution < -0.4 is 10.5 Å². The summed E-state index contributed by atoms with van der Waals surface area (Å²) >= 11 is 1.78. The Morgan fingerprint density at radius 1 is 0.867 bits per heavy atom. The molecule has 0 spiro atoms. The maximum absolute atomic E-state index is 9.39. The van der Waals surface area contributed by atoms with Crippen LogP contribution in [0.1, 0.15) is 28.7 Å². The molecule has 0 amide bonds. The summed E-state index contributed by atoms with van der Waals surface area (Å²) < 4.78 is 5.99. The molecule has 0 saturated carbocycles. The average Bonchev–Trinajstić information content (AvgIpc) is 2.80. The molecule has 0 unspecified atom stereocenters. The van der Waals surface area contributed by atoms with Crippen molar-refractivity contribution >= 4 is 11.8 Å². The minimum atomic E-state index is -0.925. The number of hydrogen-bond acceptors (Lipinski definition) is 5. The van der Waals surface area contributed by atoms with Gasteiger partial charge in [0.15, 0.2) is 0 Å². The molecule has 3 aromatic carbocycles. The molecule has 4 rings (SSSR count). The van der Waals surface area contributed by atoms with Gasteiger partial charge in [-0.2, -0.15) is 0 Å². The number of fused-ring (bicyclic) bond motifs is 2. The van der Waals surface area contributed by atoms with Crippen molar-refractivity contribution in [1.29, 1.82) is 0 Å². The maximum Gasteiger partial charge on any atom is 0.120 e. The Bertz CT molecular complexity index is 1000. The zero-order chi connectivity index (χ0) is 21.0. The van der Waals surface area contributed by atoms with Crippen LogP contribution in [0.25, 0.3) is 0 Å². The molecular weight excluding hydrogens is 394 g/mol. The molecule has 0 radical (unpaired) electrons. The van der Waals surface area contributed by atoms with E-state index in [1.807, 2.05) is 24.3 Å². The summed E-state index contributed by atoms with van der Waals surface area (Å²) in [5.41, 5.74) is 10.00. The van der Waals surface area contributed by atoms with E-state index < -0.39 is 5.54 Å². The van der Waals surface area contributed by atoms with Gasteiger partial charge in [-0.3, -0.25) is 0 Å². The van der Waals surface area contributed by atoms with Gasteiger partial charge in [-0.05, 0) is 65.8 Å². The second-order valence-corrected chi connectivity index (χ2v) is 9.03. The zero-order valence-electron chi connectivity index (χ0n) is 16.9. The molecule has 3 aromatic rings. The number of aliphatic hydroxyl groups is 2. The quantitative estimate of drug-likeness (QED) is 0.402. The molecule has 0 bridgehead atoms. The van der Waals surface area contributed by atoms with E-state index in [-0.39, 0.29) is 13.2 Å². The number of hydrogen-bond donors (Lipinski definition) is 3. The number of rotatable bonds is 8. The van der Waals surface area contributed by atoms with E-state index in [1.165, 1.54) is 26.5 Å². The third-order valence-electron chi connectivity index (χ3n) is 5.55. The molecule has 1 heterocycles. The highest BCUT2D eigenvalue weighted by atomic mass is 32.2. The van der Waals surface area contributed by atoms with Crippen molar-refractivity contribution in [3.05, 3.63) is 89.0 Å². The Balaban J connectivity index is 1.43. The van der Waals surface area contributed by atoms with E-state index in [2.05, 4.69) is 42.5 Å². The fraction of sp³-hybridized carbons (Fsp3) is 0.280. The first-order valence-corrected chi connectivity index (χ1v) is 11.0. The topological polar surface area (TPSA) is 75.7 Å². The Morgan fingerprint density at radius 3 is 2.43 bits per heavy atom. The van der Waals surface area contributed by atoms with E-state index in [4.69, 9.17) is 10.5 Å². The summed E-state index contributed by atoms with van der Waals surface area (Å²) in [6, 6.07) is 23.0. The van der Waals surface area contributed by atoms with Gasteiger partial charge in [0, 0.05) is 9.79 Å². The van der Waals surface area contributed by atoms with Gasteiger partial charge in [0.25, 0.3) is 0 Å². The van der Waals surface area contributed by atoms with Gasteiger partial charge in [0.2, 0.25) is 0 Å². The molecule has 0 fully saturated rings. The predicted octanol–water partition coefficient (Wildman–Crippen LogP) is 3.94. The smallest absolute Gasteiger partial charge is 0.120 e. The SMILES string of the molecule is NC(CO)(CO)CCc1ccc2c(c1)Sc1ccc(OCc3ccccc3)cc1C2. The second-order valence-electron chi connectivity index (χ2n) is 7.94. The molecular formula is C25H27NO3S. The van der Waals surface area contributed by atoms with E-state index in [9.17, 15) is 10.2 Å². The van der Waals surface area contributed by atoms with Crippen LogP contribution in [0.2, 0.25) is 0 Å². The number of ether oxygens (including phenoxy) is 1. The lowest BCUT2D eigenvalue weighted by atomic mass is 9.93. The van der Waals surface area contributed by atoms with E-state index >= 15 is 0 Å². The van der Waals surface area contributed by atoms with Gasteiger partial charge < -0.3 is 20.7 Å². The molecule has 0 aromatic heterocycles. The molecule has 5 heteroatoms. The van der Waals surface area contributed by atoms with Gasteiger partial charge in [-0.25, -0.2) is 0 Å². The van der Waals surface area contributed by atoms with E-state index in [0.717, 1.165) is 24.2 Å². The van der Waals surface area contributed by atoms with Gasteiger partial charge in [-0.1, -0.05) is 54.2 Å². The van der Waals surface area contributed by atoms with Gasteiger partial charge in [0.1, 0.15) is 12.4 Å². The van der Waals surface area contributed by atoms with E-state index in [1.54, 1.807) is 11.8 Å². The Labute approximate surface area is 181 Å². The molecule has 4 nitrogen and oxygen atoms in total. The highest BCUT2D eigenvalue weighted by Gasteiger charge is 2.23. The molecule has 1 aliphatic rings. The standard InChI is InChI=1S/C25H27NO3S/c26-25(16-27,17-28)11-10-18-6-7-20-13-21-14-22(8-9-23(21)30-24(20)12-18)29-15-19-4-2-1-3-5-19/h1-9,12,14,27-28H,10-11,13,15-17,26H2. The Hall–Kier alpha value is -2.31. The van der Waals surface area contributed by atoms with Crippen LogP contribution in [0.4, 0.5) is 0 Å². The Kier molecular flexibility index (Phi) is 6.44. The van der Waals surface area contributed by atoms with Crippen LogP contribution >= 0.6 is 11.8 Å². The number of benzene rings is 3. The first-order chi connectivity index (χ1) is 14.6. The van der Waals surface area contributed by atoms with Crippen molar-refractivity contribution in [2.45, 2.75) is 41.2 Å². The zero-order valence-corrected chi connectivity index (χ0v) is 17.7. The molecule has 0 atom stereocenters. The number of aliphatic hydroxyl groups excluding tert-OH is 2. The van der Waals surface area contributed by atoms with Crippen molar-refractivity contribution in [2.24, 2.45) is 5.73 Å². The van der Waals surface area contributed by atoms with Crippen LogP contribution in [0.5, 0.6) is 5.75 Å². The minimum absolute atomic E-state index is 0.217. The molecule has 30 heavy (non-hydrogen) atoms. The summed E-state index contributed by atoms with van der Waals surface area (Å²) in [6.07, 6.45) is 2.15. The number of aryl methyl sites for hydroxylation is 1. The van der Waals surface area contributed by atoms with Crippen LogP contribution in [0.15, 0.2) is 76.5 Å². The van der Waals surface area contributed by atoms with Crippen molar-refractivity contribution in [3.8, 4) is 5.75 Å². The van der Waals surface area contributed by atoms with Gasteiger partial charge in [-0.15, -0.1) is 0 Å². The predicted molar refractivity (Wildman–Crippen MR) is 120 cm³/mol. The molecule has 0 aliphatic carbocycles. The monoisotopic (exact) mass is 421 g/mol. The lowest BCUT2D eigenvalue weighted by Gasteiger charge is -2.25. The lowest BCUT2D eigenvalue weighted by molar-refractivity contribution is 0.115. The van der Waals surface area contributed by atoms with E-state index in [0.29, 0.717) is 13.0 Å². The fourth-order valence-electron chi connectivity index (χ4n) is 3.54. The van der Waals surface area contributed by atoms with Gasteiger partial charge >= 0.3 is 0 Å². The van der Waals surface area contributed by atoms with Crippen molar-refractivity contribution in [2.75, 3.05) is 13.2 Å². The number of nitrogens with two attached hydrogens (primary N) is 1. The Morgan fingerprint density at radius 2 is 1.67 bits per heavy atom. The highest BCUT2D eigenvalue weighted by Crippen LogP contribution is 2.41. The van der Waals surface area contributed by atoms with Crippen molar-refractivity contribution in [3.63, 3.8) is 0 Å². The van der Waals surface area contributed by atoms with Gasteiger partial charge in [0.05, 0.1) is 18.8 Å². The molecule has 1 aliphatic heterocycles. The van der Waals surface area contributed by atoms with Crippen LogP contribution in [-0.4, -0.2) is 29.0 Å². The lowest BCUT2D eigenvalue weighted by Crippen LogP contribution is -2.47. The molecule has 0 saturated heterocycles. The molecule has 4 N–H and O–H groups in total. The summed E-state index contributed by atoms with van der Waals surface area (Å²) in [5.74, 6) is 0.894. The highest BCUT2D eigenvalue weighted by molar-refractivity contribution is 7.99. The van der Waals surface area contributed by atoms with Crippen molar-refractivity contribution < 1.29 is 14.9 Å². The third-order valence-corrected chi connectivity index (χ3v) is 6.77. The third kappa shape index (κ3) is 4.87.